The van der Waals surface area contributed by atoms with Crippen LogP contribution in [-0.2, 0) is 0 Å². The number of carbonyl (C=O) groups excluding carboxylic acids is 1. The van der Waals surface area contributed by atoms with Crippen molar-refractivity contribution in [2.24, 2.45) is 5.73 Å². The van der Waals surface area contributed by atoms with Gasteiger partial charge in [0.25, 0.3) is 5.91 Å². The Labute approximate surface area is 148 Å². The molecule has 2 aromatic rings. The number of nitrogens with zero attached hydrogens (tertiary/aromatic N) is 2. The highest BCUT2D eigenvalue weighted by Crippen LogP contribution is 2.26. The molecule has 4 nitrogen and oxygen atoms in total. The SMILES string of the molecule is Cc1cc(C#N)ccc1-c1ccc(C(=O)N2CCCCC2CN)cc1. The molecule has 3 rings (SSSR count). The lowest BCUT2D eigenvalue weighted by Crippen LogP contribution is -2.47. The first-order valence-electron chi connectivity index (χ1n) is 8.76. The van der Waals surface area contributed by atoms with Crippen LogP contribution in [0.4, 0.5) is 0 Å². The van der Waals surface area contributed by atoms with Crippen molar-refractivity contribution in [3.63, 3.8) is 0 Å². The number of nitrogens with two attached hydrogens (primary N) is 1. The molecule has 0 spiro atoms. The Kier molecular flexibility index (Phi) is 5.16. The molecule has 25 heavy (non-hydrogen) atoms. The zero-order valence-electron chi connectivity index (χ0n) is 14.5. The lowest BCUT2D eigenvalue weighted by atomic mass is 9.97. The van der Waals surface area contributed by atoms with Gasteiger partial charge < -0.3 is 10.6 Å². The average Bonchev–Trinajstić information content (AvgIpc) is 2.67. The fourth-order valence-corrected chi connectivity index (χ4v) is 3.53. The average molecular weight is 333 g/mol. The highest BCUT2D eigenvalue weighted by molar-refractivity contribution is 5.95. The first kappa shape index (κ1) is 17.2. The van der Waals surface area contributed by atoms with Gasteiger partial charge in [0, 0.05) is 24.7 Å². The molecule has 0 radical (unpaired) electrons. The molecule has 2 aromatic carbocycles. The van der Waals surface area contributed by atoms with Crippen molar-refractivity contribution in [1.82, 2.24) is 4.90 Å². The maximum absolute atomic E-state index is 12.8. The van der Waals surface area contributed by atoms with E-state index in [-0.39, 0.29) is 11.9 Å². The molecule has 0 aromatic heterocycles. The summed E-state index contributed by atoms with van der Waals surface area (Å²) in [5, 5.41) is 8.99. The number of benzene rings is 2. The number of likely N-dealkylation sites (tertiary alicyclic amines) is 1. The summed E-state index contributed by atoms with van der Waals surface area (Å²) in [4.78, 5) is 14.7. The van der Waals surface area contributed by atoms with E-state index in [1.165, 1.54) is 0 Å². The van der Waals surface area contributed by atoms with Gasteiger partial charge in [-0.15, -0.1) is 0 Å². The molecule has 1 aliphatic rings. The summed E-state index contributed by atoms with van der Waals surface area (Å²) in [7, 11) is 0. The normalized spacial score (nSPS) is 17.2. The van der Waals surface area contributed by atoms with Gasteiger partial charge in [-0.05, 0) is 67.1 Å². The smallest absolute Gasteiger partial charge is 0.254 e. The molecule has 128 valence electrons. The lowest BCUT2D eigenvalue weighted by molar-refractivity contribution is 0.0623. The number of rotatable bonds is 3. The minimum Gasteiger partial charge on any atom is -0.334 e. The van der Waals surface area contributed by atoms with Gasteiger partial charge in [-0.25, -0.2) is 0 Å². The second-order valence-corrected chi connectivity index (χ2v) is 6.60. The van der Waals surface area contributed by atoms with Gasteiger partial charge in [-0.1, -0.05) is 18.2 Å². The molecular weight excluding hydrogens is 310 g/mol. The molecule has 0 aliphatic carbocycles. The Bertz CT molecular complexity index is 805. The van der Waals surface area contributed by atoms with E-state index < -0.39 is 0 Å². The third-order valence-electron chi connectivity index (χ3n) is 4.96. The molecule has 1 unspecified atom stereocenters. The predicted octanol–water partition coefficient (Wildman–Crippen LogP) is 3.49. The Morgan fingerprint density at radius 1 is 1.24 bits per heavy atom. The van der Waals surface area contributed by atoms with Gasteiger partial charge in [0.15, 0.2) is 0 Å². The van der Waals surface area contributed by atoms with Crippen LogP contribution in [0, 0.1) is 18.3 Å². The molecule has 2 N–H and O–H groups in total. The molecular formula is C21H23N3O. The van der Waals surface area contributed by atoms with E-state index in [1.807, 2.05) is 54.3 Å². The molecule has 1 aliphatic heterocycles. The molecule has 4 heteroatoms. The highest BCUT2D eigenvalue weighted by Gasteiger charge is 2.26. The first-order chi connectivity index (χ1) is 12.1. The molecule has 1 heterocycles. The van der Waals surface area contributed by atoms with Crippen LogP contribution < -0.4 is 5.73 Å². The molecule has 1 atom stereocenters. The monoisotopic (exact) mass is 333 g/mol. The van der Waals surface area contributed by atoms with Crippen LogP contribution in [-0.4, -0.2) is 29.9 Å². The van der Waals surface area contributed by atoms with E-state index in [1.54, 1.807) is 0 Å². The van der Waals surface area contributed by atoms with Crippen LogP contribution in [0.3, 0.4) is 0 Å². The molecule has 0 bridgehead atoms. The van der Waals surface area contributed by atoms with E-state index in [9.17, 15) is 4.79 Å². The van der Waals surface area contributed by atoms with E-state index in [2.05, 4.69) is 6.07 Å². The summed E-state index contributed by atoms with van der Waals surface area (Å²) in [6, 6.07) is 15.7. The van der Waals surface area contributed by atoms with Gasteiger partial charge in [-0.2, -0.15) is 5.26 Å². The van der Waals surface area contributed by atoms with Gasteiger partial charge >= 0.3 is 0 Å². The molecule has 1 saturated heterocycles. The van der Waals surface area contributed by atoms with Crippen molar-refractivity contribution in [3.05, 3.63) is 59.2 Å². The predicted molar refractivity (Wildman–Crippen MR) is 99.1 cm³/mol. The first-order valence-corrected chi connectivity index (χ1v) is 8.76. The minimum atomic E-state index is 0.0678. The number of nitriles is 1. The topological polar surface area (TPSA) is 70.1 Å². The lowest BCUT2D eigenvalue weighted by Gasteiger charge is -2.35. The zero-order valence-corrected chi connectivity index (χ0v) is 14.5. The second-order valence-electron chi connectivity index (χ2n) is 6.60. The fraction of sp³-hybridized carbons (Fsp3) is 0.333. The summed E-state index contributed by atoms with van der Waals surface area (Å²) in [6.07, 6.45) is 3.18. The van der Waals surface area contributed by atoms with Crippen molar-refractivity contribution in [2.75, 3.05) is 13.1 Å². The summed E-state index contributed by atoms with van der Waals surface area (Å²) < 4.78 is 0. The Morgan fingerprint density at radius 3 is 2.64 bits per heavy atom. The maximum Gasteiger partial charge on any atom is 0.254 e. The number of aryl methyl sites for hydroxylation is 1. The van der Waals surface area contributed by atoms with E-state index in [4.69, 9.17) is 11.0 Å². The van der Waals surface area contributed by atoms with Crippen LogP contribution in [0.15, 0.2) is 42.5 Å². The van der Waals surface area contributed by atoms with Gasteiger partial charge in [0.05, 0.1) is 11.6 Å². The summed E-state index contributed by atoms with van der Waals surface area (Å²) >= 11 is 0. The number of piperidine rings is 1. The number of carbonyl (C=O) groups is 1. The van der Waals surface area contributed by atoms with Crippen molar-refractivity contribution >= 4 is 5.91 Å². The van der Waals surface area contributed by atoms with Gasteiger partial charge in [-0.3, -0.25) is 4.79 Å². The fourth-order valence-electron chi connectivity index (χ4n) is 3.53. The number of hydrogen-bond acceptors (Lipinski definition) is 3. The van der Waals surface area contributed by atoms with Gasteiger partial charge in [0.2, 0.25) is 0 Å². The highest BCUT2D eigenvalue weighted by atomic mass is 16.2. The Morgan fingerprint density at radius 2 is 2.00 bits per heavy atom. The van der Waals surface area contributed by atoms with Crippen LogP contribution >= 0.6 is 0 Å². The van der Waals surface area contributed by atoms with Gasteiger partial charge in [0.1, 0.15) is 0 Å². The maximum atomic E-state index is 12.8. The van der Waals surface area contributed by atoms with E-state index in [0.717, 1.165) is 42.5 Å². The minimum absolute atomic E-state index is 0.0678. The standard InChI is InChI=1S/C21H23N3O/c1-15-12-16(13-22)5-10-20(15)17-6-8-18(9-7-17)21(25)24-11-3-2-4-19(24)14-23/h5-10,12,19H,2-4,11,14,23H2,1H3. The largest absolute Gasteiger partial charge is 0.334 e. The third-order valence-corrected chi connectivity index (χ3v) is 4.96. The number of hydrogen-bond donors (Lipinski definition) is 1. The summed E-state index contributed by atoms with van der Waals surface area (Å²) in [5.41, 5.74) is 10.4. The van der Waals surface area contributed by atoms with Crippen LogP contribution in [0.25, 0.3) is 11.1 Å². The third kappa shape index (κ3) is 3.57. The zero-order chi connectivity index (χ0) is 17.8. The second kappa shape index (κ2) is 7.50. The molecule has 0 saturated carbocycles. The van der Waals surface area contributed by atoms with Crippen LogP contribution in [0.1, 0.15) is 40.7 Å². The van der Waals surface area contributed by atoms with Crippen LogP contribution in [0.5, 0.6) is 0 Å². The number of amides is 1. The van der Waals surface area contributed by atoms with E-state index in [0.29, 0.717) is 17.7 Å². The van der Waals surface area contributed by atoms with Crippen molar-refractivity contribution in [1.29, 1.82) is 5.26 Å². The Balaban J connectivity index is 1.82. The van der Waals surface area contributed by atoms with Crippen LogP contribution in [0.2, 0.25) is 0 Å². The van der Waals surface area contributed by atoms with E-state index >= 15 is 0 Å². The van der Waals surface area contributed by atoms with Crippen molar-refractivity contribution < 1.29 is 4.79 Å². The summed E-state index contributed by atoms with van der Waals surface area (Å²) in [5.74, 6) is 0.0678. The Hall–Kier alpha value is -2.64. The molecule has 1 fully saturated rings. The summed E-state index contributed by atoms with van der Waals surface area (Å²) in [6.45, 7) is 3.31. The van der Waals surface area contributed by atoms with Crippen molar-refractivity contribution in [2.45, 2.75) is 32.2 Å². The van der Waals surface area contributed by atoms with Crippen molar-refractivity contribution in [3.8, 4) is 17.2 Å². The molecule has 1 amide bonds. The quantitative estimate of drug-likeness (QED) is 0.935.